The van der Waals surface area contributed by atoms with Gasteiger partial charge in [0.25, 0.3) is 5.91 Å². The summed E-state index contributed by atoms with van der Waals surface area (Å²) in [5.41, 5.74) is 3.15. The first kappa shape index (κ1) is 23.9. The Balaban J connectivity index is 1.30. The molecule has 174 valence electrons. The van der Waals surface area contributed by atoms with Crippen molar-refractivity contribution >= 4 is 46.4 Å². The molecular formula is C24H26Cl3N5O. The molecule has 1 saturated heterocycles. The second kappa shape index (κ2) is 10.3. The predicted octanol–water partition coefficient (Wildman–Crippen LogP) is 5.00. The number of benzene rings is 2. The van der Waals surface area contributed by atoms with E-state index in [0.717, 1.165) is 55.6 Å². The van der Waals surface area contributed by atoms with Gasteiger partial charge in [-0.25, -0.2) is 4.98 Å². The zero-order chi connectivity index (χ0) is 23.5. The number of rotatable bonds is 6. The SMILES string of the molecule is Cc1nc(C(=O)NCCN2CCN(c3cccc(Cl)c3Cl)CC2)c(C)n1-c1ccc(Cl)cc1. The molecule has 0 radical (unpaired) electrons. The van der Waals surface area contributed by atoms with Crippen LogP contribution in [0, 0.1) is 13.8 Å². The maximum atomic E-state index is 12.8. The summed E-state index contributed by atoms with van der Waals surface area (Å²) >= 11 is 18.5. The molecule has 1 N–H and O–H groups in total. The summed E-state index contributed by atoms with van der Waals surface area (Å²) in [7, 11) is 0. The fraction of sp³-hybridized carbons (Fsp3) is 0.333. The van der Waals surface area contributed by atoms with Crippen molar-refractivity contribution in [3.8, 4) is 5.69 Å². The molecule has 1 aromatic heterocycles. The van der Waals surface area contributed by atoms with Gasteiger partial charge in [-0.05, 0) is 50.2 Å². The maximum absolute atomic E-state index is 12.8. The molecular weight excluding hydrogens is 481 g/mol. The van der Waals surface area contributed by atoms with Gasteiger partial charge >= 0.3 is 0 Å². The van der Waals surface area contributed by atoms with Crippen molar-refractivity contribution in [3.63, 3.8) is 0 Å². The minimum Gasteiger partial charge on any atom is -0.368 e. The molecule has 4 rings (SSSR count). The quantitative estimate of drug-likeness (QED) is 0.511. The molecule has 3 aromatic rings. The van der Waals surface area contributed by atoms with E-state index in [2.05, 4.69) is 20.1 Å². The lowest BCUT2D eigenvalue weighted by Crippen LogP contribution is -2.48. The highest BCUT2D eigenvalue weighted by atomic mass is 35.5. The van der Waals surface area contributed by atoms with E-state index in [1.165, 1.54) is 0 Å². The topological polar surface area (TPSA) is 53.4 Å². The fourth-order valence-electron chi connectivity index (χ4n) is 4.19. The summed E-state index contributed by atoms with van der Waals surface area (Å²) in [4.78, 5) is 21.9. The van der Waals surface area contributed by atoms with E-state index in [1.54, 1.807) is 6.07 Å². The minimum atomic E-state index is -0.160. The zero-order valence-electron chi connectivity index (χ0n) is 18.6. The Hall–Kier alpha value is -2.25. The number of piperazine rings is 1. The van der Waals surface area contributed by atoms with Gasteiger partial charge in [-0.15, -0.1) is 0 Å². The third kappa shape index (κ3) is 5.30. The van der Waals surface area contributed by atoms with E-state index >= 15 is 0 Å². The number of aryl methyl sites for hydroxylation is 1. The highest BCUT2D eigenvalue weighted by Gasteiger charge is 2.21. The average molecular weight is 507 g/mol. The molecule has 1 aliphatic rings. The van der Waals surface area contributed by atoms with Crippen molar-refractivity contribution in [2.75, 3.05) is 44.2 Å². The van der Waals surface area contributed by atoms with Crippen LogP contribution in [0.5, 0.6) is 0 Å². The first-order chi connectivity index (χ1) is 15.8. The largest absolute Gasteiger partial charge is 0.368 e. The summed E-state index contributed by atoms with van der Waals surface area (Å²) in [6.45, 7) is 8.63. The Labute approximate surface area is 209 Å². The van der Waals surface area contributed by atoms with E-state index in [9.17, 15) is 4.79 Å². The highest BCUT2D eigenvalue weighted by Crippen LogP contribution is 2.32. The lowest BCUT2D eigenvalue weighted by molar-refractivity contribution is 0.0942. The van der Waals surface area contributed by atoms with E-state index in [1.807, 2.05) is 54.8 Å². The van der Waals surface area contributed by atoms with E-state index in [4.69, 9.17) is 34.8 Å². The van der Waals surface area contributed by atoms with Gasteiger partial charge in [0.15, 0.2) is 0 Å². The number of imidazole rings is 1. The van der Waals surface area contributed by atoms with Gasteiger partial charge in [-0.1, -0.05) is 40.9 Å². The maximum Gasteiger partial charge on any atom is 0.271 e. The molecule has 0 spiro atoms. The molecule has 1 amide bonds. The molecule has 0 saturated carbocycles. The monoisotopic (exact) mass is 505 g/mol. The van der Waals surface area contributed by atoms with Gasteiger partial charge in [-0.3, -0.25) is 9.69 Å². The van der Waals surface area contributed by atoms with Crippen molar-refractivity contribution in [2.45, 2.75) is 13.8 Å². The van der Waals surface area contributed by atoms with Crippen LogP contribution in [0.15, 0.2) is 42.5 Å². The zero-order valence-corrected chi connectivity index (χ0v) is 20.9. The van der Waals surface area contributed by atoms with Crippen molar-refractivity contribution < 1.29 is 4.79 Å². The third-order valence-corrected chi connectivity index (χ3v) is 6.99. The standard InChI is InChI=1S/C24H26Cl3N5O/c1-16-23(29-17(2)32(16)19-8-6-18(25)7-9-19)24(33)28-10-11-30-12-14-31(15-13-30)21-5-3-4-20(26)22(21)27/h3-9H,10-15H2,1-2H3,(H,28,33). The first-order valence-corrected chi connectivity index (χ1v) is 12.0. The van der Waals surface area contributed by atoms with Crippen LogP contribution in [0.25, 0.3) is 5.69 Å². The molecule has 33 heavy (non-hydrogen) atoms. The van der Waals surface area contributed by atoms with E-state index in [-0.39, 0.29) is 5.91 Å². The number of carbonyl (C=O) groups is 1. The number of nitrogens with one attached hydrogen (secondary N) is 1. The van der Waals surface area contributed by atoms with Crippen LogP contribution in [0.3, 0.4) is 0 Å². The number of amides is 1. The van der Waals surface area contributed by atoms with Gasteiger partial charge in [0, 0.05) is 50.0 Å². The molecule has 0 aliphatic carbocycles. The summed E-state index contributed by atoms with van der Waals surface area (Å²) in [5.74, 6) is 0.600. The van der Waals surface area contributed by atoms with Crippen molar-refractivity contribution in [1.82, 2.24) is 19.8 Å². The number of carbonyl (C=O) groups excluding carboxylic acids is 1. The Kier molecular flexibility index (Phi) is 7.49. The molecule has 0 unspecified atom stereocenters. The molecule has 0 bridgehead atoms. The van der Waals surface area contributed by atoms with Gasteiger partial charge in [0.05, 0.1) is 21.4 Å². The van der Waals surface area contributed by atoms with Gasteiger partial charge < -0.3 is 14.8 Å². The predicted molar refractivity (Wildman–Crippen MR) is 135 cm³/mol. The molecule has 0 atom stereocenters. The normalized spacial score (nSPS) is 14.5. The Bertz CT molecular complexity index is 1140. The Morgan fingerprint density at radius 1 is 1.00 bits per heavy atom. The fourth-order valence-corrected chi connectivity index (χ4v) is 4.73. The third-order valence-electron chi connectivity index (χ3n) is 5.93. The Morgan fingerprint density at radius 3 is 2.39 bits per heavy atom. The van der Waals surface area contributed by atoms with Gasteiger partial charge in [-0.2, -0.15) is 0 Å². The molecule has 9 heteroatoms. The van der Waals surface area contributed by atoms with Crippen LogP contribution in [-0.2, 0) is 0 Å². The lowest BCUT2D eigenvalue weighted by atomic mass is 10.2. The number of nitrogens with zero attached hydrogens (tertiary/aromatic N) is 4. The summed E-state index contributed by atoms with van der Waals surface area (Å²) in [6.07, 6.45) is 0. The van der Waals surface area contributed by atoms with Crippen LogP contribution in [0.1, 0.15) is 22.0 Å². The van der Waals surface area contributed by atoms with E-state index in [0.29, 0.717) is 27.3 Å². The van der Waals surface area contributed by atoms with Crippen LogP contribution < -0.4 is 10.2 Å². The van der Waals surface area contributed by atoms with Crippen LogP contribution in [0.2, 0.25) is 15.1 Å². The smallest absolute Gasteiger partial charge is 0.271 e. The minimum absolute atomic E-state index is 0.160. The van der Waals surface area contributed by atoms with Gasteiger partial charge in [0.1, 0.15) is 11.5 Å². The van der Waals surface area contributed by atoms with Crippen molar-refractivity contribution in [2.24, 2.45) is 0 Å². The van der Waals surface area contributed by atoms with Gasteiger partial charge in [0.2, 0.25) is 0 Å². The summed E-state index contributed by atoms with van der Waals surface area (Å²) in [5, 5.41) is 4.86. The highest BCUT2D eigenvalue weighted by molar-refractivity contribution is 6.43. The average Bonchev–Trinajstić information content (AvgIpc) is 3.11. The second-order valence-electron chi connectivity index (χ2n) is 8.06. The number of anilines is 1. The van der Waals surface area contributed by atoms with Crippen molar-refractivity contribution in [1.29, 1.82) is 0 Å². The number of halogens is 3. The van der Waals surface area contributed by atoms with Crippen LogP contribution in [0.4, 0.5) is 5.69 Å². The number of hydrogen-bond acceptors (Lipinski definition) is 4. The van der Waals surface area contributed by atoms with Crippen LogP contribution in [-0.4, -0.2) is 59.6 Å². The number of hydrogen-bond donors (Lipinski definition) is 1. The molecule has 2 aromatic carbocycles. The summed E-state index contributed by atoms with van der Waals surface area (Å²) in [6, 6.07) is 13.2. The summed E-state index contributed by atoms with van der Waals surface area (Å²) < 4.78 is 1.96. The number of aromatic nitrogens is 2. The molecule has 1 fully saturated rings. The Morgan fingerprint density at radius 2 is 1.70 bits per heavy atom. The van der Waals surface area contributed by atoms with Crippen molar-refractivity contribution in [3.05, 3.63) is 74.7 Å². The molecule has 6 nitrogen and oxygen atoms in total. The van der Waals surface area contributed by atoms with Crippen LogP contribution >= 0.6 is 34.8 Å². The van der Waals surface area contributed by atoms with E-state index < -0.39 is 0 Å². The second-order valence-corrected chi connectivity index (χ2v) is 9.28. The molecule has 1 aliphatic heterocycles. The first-order valence-electron chi connectivity index (χ1n) is 10.9. The lowest BCUT2D eigenvalue weighted by Gasteiger charge is -2.36. The molecule has 2 heterocycles.